The van der Waals surface area contributed by atoms with Crippen molar-refractivity contribution < 1.29 is 19.1 Å². The lowest BCUT2D eigenvalue weighted by Gasteiger charge is -2.43. The largest absolute Gasteiger partial charge is 0.465 e. The zero-order chi connectivity index (χ0) is 33.4. The van der Waals surface area contributed by atoms with Crippen LogP contribution in [0.5, 0.6) is 0 Å². The second-order valence-electron chi connectivity index (χ2n) is 13.4. The average molecular weight is 653 g/mol. The molecule has 0 spiro atoms. The first-order valence-electron chi connectivity index (χ1n) is 17.4. The van der Waals surface area contributed by atoms with Crippen LogP contribution < -0.4 is 5.43 Å². The summed E-state index contributed by atoms with van der Waals surface area (Å²) in [5.74, 6) is -0.0854. The summed E-state index contributed by atoms with van der Waals surface area (Å²) < 4.78 is 5.10. The van der Waals surface area contributed by atoms with Gasteiger partial charge in [0.1, 0.15) is 0 Å². The Morgan fingerprint density at radius 1 is 0.771 bits per heavy atom. The van der Waals surface area contributed by atoms with Gasteiger partial charge in [0.2, 0.25) is 5.91 Å². The normalized spacial score (nSPS) is 21.9. The van der Waals surface area contributed by atoms with Gasteiger partial charge in [0.05, 0.1) is 18.6 Å². The van der Waals surface area contributed by atoms with Crippen LogP contribution in [0.3, 0.4) is 0 Å². The number of aromatic nitrogens is 1. The van der Waals surface area contributed by atoms with Crippen LogP contribution in [0.2, 0.25) is 0 Å². The second-order valence-corrected chi connectivity index (χ2v) is 13.4. The third-order valence-corrected chi connectivity index (χ3v) is 10.6. The molecule has 3 fully saturated rings. The van der Waals surface area contributed by atoms with E-state index in [1.807, 2.05) is 59.3 Å². The number of ether oxygens (including phenoxy) is 1. The lowest BCUT2D eigenvalue weighted by atomic mass is 9.72. The molecule has 1 N–H and O–H groups in total. The molecule has 10 nitrogen and oxygen atoms in total. The molecular formula is C38H48N6O4. The maximum Gasteiger partial charge on any atom is 0.320 e. The average Bonchev–Trinajstić information content (AvgIpc) is 3.58. The predicted molar refractivity (Wildman–Crippen MR) is 184 cm³/mol. The Bertz CT molecular complexity index is 1510. The van der Waals surface area contributed by atoms with E-state index in [0.29, 0.717) is 52.2 Å². The highest BCUT2D eigenvalue weighted by atomic mass is 16.5. The van der Waals surface area contributed by atoms with Crippen LogP contribution in [0.4, 0.5) is 0 Å². The molecule has 1 unspecified atom stereocenters. The Hall–Kier alpha value is -4.12. The number of hydrogen-bond acceptors (Lipinski definition) is 8. The first-order valence-corrected chi connectivity index (χ1v) is 17.4. The standard InChI is InChI=1S/C38H48N6O4/c1-2-48-34(45)29-42-25-27-44(28-26-42)40-36(47)38(33-13-19-39-20-14-33)17-22-41(23-18-38)21-15-37(32-11-7-4-8-12-32)16-24-43(30-37)35(46)31-9-5-3-6-10-31/h3-14,19-20H,2,15-18,21-30H2,1H3,(H,40,47). The van der Waals surface area contributed by atoms with Crippen molar-refractivity contribution in [2.45, 2.75) is 43.4 Å². The molecule has 0 saturated carbocycles. The second kappa shape index (κ2) is 15.4. The fourth-order valence-electron chi connectivity index (χ4n) is 7.69. The Kier molecular flexibility index (Phi) is 10.8. The number of nitrogens with zero attached hydrogens (tertiary/aromatic N) is 5. The van der Waals surface area contributed by atoms with E-state index in [1.54, 1.807) is 12.4 Å². The molecule has 2 aromatic carbocycles. The molecule has 6 rings (SSSR count). The molecule has 254 valence electrons. The minimum absolute atomic E-state index is 0.0267. The van der Waals surface area contributed by atoms with Gasteiger partial charge in [-0.1, -0.05) is 48.5 Å². The minimum Gasteiger partial charge on any atom is -0.465 e. The van der Waals surface area contributed by atoms with Gasteiger partial charge in [0.15, 0.2) is 0 Å². The topological polar surface area (TPSA) is 98.3 Å². The highest BCUT2D eigenvalue weighted by Crippen LogP contribution is 2.40. The summed E-state index contributed by atoms with van der Waals surface area (Å²) in [6.07, 6.45) is 6.85. The van der Waals surface area contributed by atoms with E-state index in [-0.39, 0.29) is 29.7 Å². The minimum atomic E-state index is -0.648. The molecule has 48 heavy (non-hydrogen) atoms. The number of hydrazine groups is 1. The Morgan fingerprint density at radius 2 is 1.44 bits per heavy atom. The van der Waals surface area contributed by atoms with E-state index in [2.05, 4.69) is 50.5 Å². The number of carbonyl (C=O) groups excluding carboxylic acids is 3. The zero-order valence-corrected chi connectivity index (χ0v) is 28.1. The molecule has 0 bridgehead atoms. The fourth-order valence-corrected chi connectivity index (χ4v) is 7.69. The fraction of sp³-hybridized carbons (Fsp3) is 0.474. The summed E-state index contributed by atoms with van der Waals surface area (Å²) in [6.45, 7) is 9.10. The van der Waals surface area contributed by atoms with Crippen LogP contribution in [0, 0.1) is 0 Å². The van der Waals surface area contributed by atoms with Gasteiger partial charge in [-0.2, -0.15) is 0 Å². The van der Waals surface area contributed by atoms with Crippen LogP contribution in [0.1, 0.15) is 54.1 Å². The van der Waals surface area contributed by atoms with Crippen molar-refractivity contribution in [2.75, 3.05) is 72.1 Å². The monoisotopic (exact) mass is 652 g/mol. The summed E-state index contributed by atoms with van der Waals surface area (Å²) in [5, 5.41) is 1.99. The third kappa shape index (κ3) is 7.61. The van der Waals surface area contributed by atoms with Crippen molar-refractivity contribution in [1.82, 2.24) is 30.1 Å². The number of nitrogens with one attached hydrogen (secondary N) is 1. The smallest absolute Gasteiger partial charge is 0.320 e. The van der Waals surface area contributed by atoms with Gasteiger partial charge < -0.3 is 14.5 Å². The Balaban J connectivity index is 1.09. The number of amides is 2. The lowest BCUT2D eigenvalue weighted by Crippen LogP contribution is -2.59. The number of esters is 1. The lowest BCUT2D eigenvalue weighted by molar-refractivity contribution is -0.145. The summed E-state index contributed by atoms with van der Waals surface area (Å²) in [5.41, 5.74) is 5.52. The van der Waals surface area contributed by atoms with Crippen LogP contribution >= 0.6 is 0 Å². The molecule has 0 radical (unpaired) electrons. The molecular weight excluding hydrogens is 604 g/mol. The molecule has 3 aromatic rings. The Labute approximate surface area is 284 Å². The molecule has 1 atom stereocenters. The molecule has 2 amide bonds. The molecule has 3 aliphatic rings. The maximum absolute atomic E-state index is 14.1. The van der Waals surface area contributed by atoms with Gasteiger partial charge in [-0.05, 0) is 87.6 Å². The van der Waals surface area contributed by atoms with Crippen LogP contribution in [-0.4, -0.2) is 115 Å². The van der Waals surface area contributed by atoms with E-state index < -0.39 is 5.41 Å². The van der Waals surface area contributed by atoms with Gasteiger partial charge in [-0.15, -0.1) is 0 Å². The number of carbonyl (C=O) groups is 3. The quantitative estimate of drug-likeness (QED) is 0.315. The van der Waals surface area contributed by atoms with Crippen molar-refractivity contribution >= 4 is 17.8 Å². The van der Waals surface area contributed by atoms with E-state index in [4.69, 9.17) is 4.74 Å². The van der Waals surface area contributed by atoms with E-state index in [1.165, 1.54) is 5.56 Å². The molecule has 1 aromatic heterocycles. The van der Waals surface area contributed by atoms with Crippen LogP contribution in [0.15, 0.2) is 85.2 Å². The number of benzene rings is 2. The number of rotatable bonds is 11. The van der Waals surface area contributed by atoms with Crippen molar-refractivity contribution in [1.29, 1.82) is 0 Å². The van der Waals surface area contributed by atoms with Gasteiger partial charge in [-0.25, -0.2) is 5.01 Å². The SMILES string of the molecule is CCOC(=O)CN1CCN(NC(=O)C2(c3ccncc3)CCN(CCC3(c4ccccc4)CCN(C(=O)c4ccccc4)C3)CC2)CC1. The molecule has 3 aliphatic heterocycles. The van der Waals surface area contributed by atoms with E-state index in [0.717, 1.165) is 50.1 Å². The number of piperidine rings is 1. The maximum atomic E-state index is 14.1. The van der Waals surface area contributed by atoms with Crippen molar-refractivity contribution in [3.8, 4) is 0 Å². The van der Waals surface area contributed by atoms with E-state index >= 15 is 0 Å². The van der Waals surface area contributed by atoms with E-state index in [9.17, 15) is 14.4 Å². The highest BCUT2D eigenvalue weighted by Gasteiger charge is 2.45. The van der Waals surface area contributed by atoms with Crippen molar-refractivity contribution in [3.05, 3.63) is 102 Å². The first kappa shape index (κ1) is 33.8. The first-order chi connectivity index (χ1) is 23.4. The summed E-state index contributed by atoms with van der Waals surface area (Å²) >= 11 is 0. The summed E-state index contributed by atoms with van der Waals surface area (Å²) in [4.78, 5) is 50.3. The van der Waals surface area contributed by atoms with Gasteiger partial charge in [-0.3, -0.25) is 29.7 Å². The van der Waals surface area contributed by atoms with Gasteiger partial charge in [0.25, 0.3) is 5.91 Å². The number of likely N-dealkylation sites (tertiary alicyclic amines) is 2. The summed E-state index contributed by atoms with van der Waals surface area (Å²) in [7, 11) is 0. The third-order valence-electron chi connectivity index (χ3n) is 10.6. The van der Waals surface area contributed by atoms with Crippen LogP contribution in [-0.2, 0) is 25.2 Å². The van der Waals surface area contributed by atoms with Gasteiger partial charge >= 0.3 is 5.97 Å². The Morgan fingerprint density at radius 3 is 2.10 bits per heavy atom. The molecule has 0 aliphatic carbocycles. The molecule has 10 heteroatoms. The number of pyridine rings is 1. The van der Waals surface area contributed by atoms with Gasteiger partial charge in [0, 0.05) is 62.6 Å². The number of hydrogen-bond donors (Lipinski definition) is 1. The highest BCUT2D eigenvalue weighted by molar-refractivity contribution is 5.94. The number of piperazine rings is 1. The molecule has 3 saturated heterocycles. The summed E-state index contributed by atoms with van der Waals surface area (Å²) in [6, 6.07) is 24.2. The molecule has 4 heterocycles. The van der Waals surface area contributed by atoms with Crippen molar-refractivity contribution in [3.63, 3.8) is 0 Å². The predicted octanol–water partition coefficient (Wildman–Crippen LogP) is 3.50. The van der Waals surface area contributed by atoms with Crippen LogP contribution in [0.25, 0.3) is 0 Å². The van der Waals surface area contributed by atoms with Crippen molar-refractivity contribution in [2.24, 2.45) is 0 Å². The zero-order valence-electron chi connectivity index (χ0n) is 28.1.